The Hall–Kier alpha value is -3.88. The number of carboxylic acids is 1. The number of carboxylic acid groups (broad SMARTS) is 1. The standard InChI is InChI=1S/C26H23F4NO4/c1-2-31(25(34)35-16-17-6-4-3-5-7-17)15-22-20(12-13-23(27)21(22)14-24(32)33)18-8-10-19(11-9-18)26(28,29)30/h3-13H,2,14-16H2,1H3,(H,32,33). The van der Waals surface area contributed by atoms with Crippen LogP contribution >= 0.6 is 0 Å². The molecule has 0 aromatic heterocycles. The highest BCUT2D eigenvalue weighted by molar-refractivity contribution is 5.76. The summed E-state index contributed by atoms with van der Waals surface area (Å²) in [6.07, 6.45) is -5.88. The molecule has 35 heavy (non-hydrogen) atoms. The molecule has 1 amide bonds. The van der Waals surface area contributed by atoms with Gasteiger partial charge in [-0.05, 0) is 47.4 Å². The fourth-order valence-electron chi connectivity index (χ4n) is 3.60. The second-order valence-electron chi connectivity index (χ2n) is 7.75. The zero-order valence-corrected chi connectivity index (χ0v) is 18.8. The molecule has 9 heteroatoms. The number of hydrogen-bond donors (Lipinski definition) is 1. The van der Waals surface area contributed by atoms with Gasteiger partial charge in [-0.1, -0.05) is 48.5 Å². The van der Waals surface area contributed by atoms with E-state index in [0.29, 0.717) is 11.1 Å². The summed E-state index contributed by atoms with van der Waals surface area (Å²) >= 11 is 0. The first kappa shape index (κ1) is 25.7. The number of halogens is 4. The summed E-state index contributed by atoms with van der Waals surface area (Å²) < 4.78 is 59.0. The summed E-state index contributed by atoms with van der Waals surface area (Å²) in [5, 5.41) is 9.32. The van der Waals surface area contributed by atoms with Crippen LogP contribution in [0.3, 0.4) is 0 Å². The molecule has 0 aliphatic heterocycles. The molecule has 3 aromatic rings. The van der Waals surface area contributed by atoms with Crippen molar-refractivity contribution >= 4 is 12.1 Å². The highest BCUT2D eigenvalue weighted by atomic mass is 19.4. The van der Waals surface area contributed by atoms with Crippen molar-refractivity contribution in [2.75, 3.05) is 6.54 Å². The van der Waals surface area contributed by atoms with E-state index in [4.69, 9.17) is 4.74 Å². The molecule has 0 fully saturated rings. The Kier molecular flexibility index (Phi) is 8.11. The van der Waals surface area contributed by atoms with Crippen LogP contribution in [0, 0.1) is 5.82 Å². The Morgan fingerprint density at radius 1 is 0.943 bits per heavy atom. The first-order valence-electron chi connectivity index (χ1n) is 10.8. The van der Waals surface area contributed by atoms with E-state index in [-0.39, 0.29) is 30.8 Å². The van der Waals surface area contributed by atoms with Gasteiger partial charge in [0.2, 0.25) is 0 Å². The van der Waals surface area contributed by atoms with E-state index < -0.39 is 36.0 Å². The number of hydrogen-bond acceptors (Lipinski definition) is 3. The predicted octanol–water partition coefficient (Wildman–Crippen LogP) is 6.30. The first-order chi connectivity index (χ1) is 16.6. The van der Waals surface area contributed by atoms with Crippen molar-refractivity contribution in [3.63, 3.8) is 0 Å². The number of aliphatic carboxylic acids is 1. The van der Waals surface area contributed by atoms with Gasteiger partial charge in [0.15, 0.2) is 0 Å². The molecule has 0 atom stereocenters. The maximum atomic E-state index is 14.7. The van der Waals surface area contributed by atoms with E-state index in [1.165, 1.54) is 23.1 Å². The topological polar surface area (TPSA) is 66.8 Å². The van der Waals surface area contributed by atoms with Crippen LogP contribution in [-0.4, -0.2) is 28.6 Å². The second-order valence-corrected chi connectivity index (χ2v) is 7.75. The van der Waals surface area contributed by atoms with Gasteiger partial charge in [-0.2, -0.15) is 13.2 Å². The molecule has 0 aliphatic carbocycles. The monoisotopic (exact) mass is 489 g/mol. The van der Waals surface area contributed by atoms with E-state index in [1.807, 2.05) is 6.07 Å². The number of carbonyl (C=O) groups excluding carboxylic acids is 1. The van der Waals surface area contributed by atoms with Crippen molar-refractivity contribution in [1.82, 2.24) is 4.90 Å². The molecule has 5 nitrogen and oxygen atoms in total. The van der Waals surface area contributed by atoms with Crippen LogP contribution in [0.15, 0.2) is 66.7 Å². The third-order valence-electron chi connectivity index (χ3n) is 5.42. The molecule has 0 radical (unpaired) electrons. The van der Waals surface area contributed by atoms with Crippen LogP contribution in [-0.2, 0) is 35.3 Å². The molecule has 0 heterocycles. The number of rotatable bonds is 8. The molecule has 3 aromatic carbocycles. The van der Waals surface area contributed by atoms with Crippen molar-refractivity contribution in [2.45, 2.75) is 32.7 Å². The molecule has 0 bridgehead atoms. The quantitative estimate of drug-likeness (QED) is 0.377. The van der Waals surface area contributed by atoms with Crippen molar-refractivity contribution in [3.8, 4) is 11.1 Å². The van der Waals surface area contributed by atoms with Gasteiger partial charge in [-0.25, -0.2) is 9.18 Å². The molecular weight excluding hydrogens is 466 g/mol. The normalized spacial score (nSPS) is 11.2. The maximum absolute atomic E-state index is 14.7. The minimum atomic E-state index is -4.53. The Labute approximate surface area is 199 Å². The number of amides is 1. The lowest BCUT2D eigenvalue weighted by Crippen LogP contribution is -2.31. The SMILES string of the molecule is CCN(Cc1c(-c2ccc(C(F)(F)F)cc2)ccc(F)c1CC(=O)O)C(=O)OCc1ccccc1. The molecular formula is C26H23F4NO4. The predicted molar refractivity (Wildman–Crippen MR) is 121 cm³/mol. The summed E-state index contributed by atoms with van der Waals surface area (Å²) in [7, 11) is 0. The third-order valence-corrected chi connectivity index (χ3v) is 5.42. The van der Waals surface area contributed by atoms with Crippen molar-refractivity contribution in [2.24, 2.45) is 0 Å². The molecule has 0 unspecified atom stereocenters. The highest BCUT2D eigenvalue weighted by Gasteiger charge is 2.30. The molecule has 0 aliphatic rings. The van der Waals surface area contributed by atoms with Gasteiger partial charge in [-0.3, -0.25) is 4.79 Å². The second kappa shape index (κ2) is 11.0. The molecule has 184 valence electrons. The minimum absolute atomic E-state index is 0.00701. The van der Waals surface area contributed by atoms with Crippen LogP contribution in [0.2, 0.25) is 0 Å². The average molecular weight is 489 g/mol. The number of carbonyl (C=O) groups is 2. The van der Waals surface area contributed by atoms with Gasteiger partial charge >= 0.3 is 18.2 Å². The van der Waals surface area contributed by atoms with Gasteiger partial charge in [0.1, 0.15) is 12.4 Å². The van der Waals surface area contributed by atoms with Gasteiger partial charge in [0, 0.05) is 18.7 Å². The van der Waals surface area contributed by atoms with E-state index in [2.05, 4.69) is 0 Å². The molecule has 0 saturated carbocycles. The lowest BCUT2D eigenvalue weighted by molar-refractivity contribution is -0.138. The summed E-state index contributed by atoms with van der Waals surface area (Å²) in [6.45, 7) is 1.66. The molecule has 1 N–H and O–H groups in total. The van der Waals surface area contributed by atoms with Gasteiger partial charge in [0.25, 0.3) is 0 Å². The van der Waals surface area contributed by atoms with E-state index >= 15 is 0 Å². The van der Waals surface area contributed by atoms with E-state index in [9.17, 15) is 32.3 Å². The van der Waals surface area contributed by atoms with Crippen LogP contribution < -0.4 is 0 Å². The first-order valence-corrected chi connectivity index (χ1v) is 10.8. The summed E-state index contributed by atoms with van der Waals surface area (Å²) in [4.78, 5) is 25.4. The Balaban J connectivity index is 1.96. The molecule has 3 rings (SSSR count). The fourth-order valence-corrected chi connectivity index (χ4v) is 3.60. The van der Waals surface area contributed by atoms with Crippen LogP contribution in [0.1, 0.15) is 29.2 Å². The summed E-state index contributed by atoms with van der Waals surface area (Å²) in [5.41, 5.74) is 0.601. The smallest absolute Gasteiger partial charge is 0.416 e. The van der Waals surface area contributed by atoms with Gasteiger partial charge < -0.3 is 14.7 Å². The number of nitrogens with zero attached hydrogens (tertiary/aromatic N) is 1. The van der Waals surface area contributed by atoms with Gasteiger partial charge in [-0.15, -0.1) is 0 Å². The lowest BCUT2D eigenvalue weighted by atomic mass is 9.92. The molecule has 0 spiro atoms. The van der Waals surface area contributed by atoms with Crippen molar-refractivity contribution in [3.05, 3.63) is 94.8 Å². The van der Waals surface area contributed by atoms with Crippen LogP contribution in [0.25, 0.3) is 11.1 Å². The lowest BCUT2D eigenvalue weighted by Gasteiger charge is -2.24. The van der Waals surface area contributed by atoms with Crippen molar-refractivity contribution < 1.29 is 37.0 Å². The fraction of sp³-hybridized carbons (Fsp3) is 0.231. The average Bonchev–Trinajstić information content (AvgIpc) is 2.83. The minimum Gasteiger partial charge on any atom is -0.481 e. The largest absolute Gasteiger partial charge is 0.481 e. The van der Waals surface area contributed by atoms with Crippen molar-refractivity contribution in [1.29, 1.82) is 0 Å². The van der Waals surface area contributed by atoms with E-state index in [1.54, 1.807) is 31.2 Å². The highest BCUT2D eigenvalue weighted by Crippen LogP contribution is 2.34. The molecule has 0 saturated heterocycles. The number of benzene rings is 3. The van der Waals surface area contributed by atoms with Crippen LogP contribution in [0.4, 0.5) is 22.4 Å². The third kappa shape index (κ3) is 6.59. The maximum Gasteiger partial charge on any atom is 0.416 e. The Bertz CT molecular complexity index is 1180. The summed E-state index contributed by atoms with van der Waals surface area (Å²) in [6, 6.07) is 15.6. The number of ether oxygens (including phenoxy) is 1. The van der Waals surface area contributed by atoms with Gasteiger partial charge in [0.05, 0.1) is 12.0 Å². The number of alkyl halides is 3. The zero-order chi connectivity index (χ0) is 25.6. The Morgan fingerprint density at radius 2 is 1.60 bits per heavy atom. The van der Waals surface area contributed by atoms with E-state index in [0.717, 1.165) is 23.8 Å². The zero-order valence-electron chi connectivity index (χ0n) is 18.8. The summed E-state index contributed by atoms with van der Waals surface area (Å²) in [5.74, 6) is -2.07. The van der Waals surface area contributed by atoms with Crippen LogP contribution in [0.5, 0.6) is 0 Å². The Morgan fingerprint density at radius 3 is 2.17 bits per heavy atom.